The minimum atomic E-state index is -0.0301. The van der Waals surface area contributed by atoms with E-state index in [4.69, 9.17) is 0 Å². The van der Waals surface area contributed by atoms with Crippen molar-refractivity contribution in [3.63, 3.8) is 0 Å². The van der Waals surface area contributed by atoms with Crippen molar-refractivity contribution in [2.24, 2.45) is 5.92 Å². The maximum Gasteiger partial charge on any atom is 0.220 e. The van der Waals surface area contributed by atoms with Gasteiger partial charge in [-0.2, -0.15) is 0 Å². The lowest BCUT2D eigenvalue weighted by atomic mass is 9.97. The van der Waals surface area contributed by atoms with Crippen molar-refractivity contribution in [3.8, 4) is 0 Å². The van der Waals surface area contributed by atoms with Gasteiger partial charge in [0, 0.05) is 18.9 Å². The van der Waals surface area contributed by atoms with Crippen LogP contribution in [0.3, 0.4) is 0 Å². The third-order valence-electron chi connectivity index (χ3n) is 2.06. The van der Waals surface area contributed by atoms with Crippen LogP contribution in [0, 0.1) is 5.92 Å². The predicted octanol–water partition coefficient (Wildman–Crippen LogP) is 0.492. The molecule has 1 aliphatic rings. The molecular formula is C8H13NO2. The highest BCUT2D eigenvalue weighted by Gasteiger charge is 2.20. The van der Waals surface area contributed by atoms with E-state index in [1.165, 1.54) is 0 Å². The first-order valence-electron chi connectivity index (χ1n) is 3.97. The summed E-state index contributed by atoms with van der Waals surface area (Å²) in [6.45, 7) is 2.28. The summed E-state index contributed by atoms with van der Waals surface area (Å²) in [5.41, 5.74) is 0. The van der Waals surface area contributed by atoms with Gasteiger partial charge < -0.3 is 5.32 Å². The van der Waals surface area contributed by atoms with E-state index >= 15 is 0 Å². The third-order valence-corrected chi connectivity index (χ3v) is 2.06. The summed E-state index contributed by atoms with van der Waals surface area (Å²) in [6, 6.07) is 0. The molecule has 1 fully saturated rings. The van der Waals surface area contributed by atoms with Gasteiger partial charge in [-0.1, -0.05) is 0 Å². The number of nitrogens with one attached hydrogen (secondary N) is 1. The number of carbonyl (C=O) groups excluding carboxylic acids is 2. The molecule has 1 saturated heterocycles. The molecule has 62 valence electrons. The lowest BCUT2D eigenvalue weighted by molar-refractivity contribution is -0.127. The van der Waals surface area contributed by atoms with Crippen LogP contribution in [-0.4, -0.2) is 18.2 Å². The van der Waals surface area contributed by atoms with Gasteiger partial charge in [-0.15, -0.1) is 0 Å². The van der Waals surface area contributed by atoms with Crippen LogP contribution >= 0.6 is 0 Å². The van der Waals surface area contributed by atoms with E-state index in [0.717, 1.165) is 19.4 Å². The van der Waals surface area contributed by atoms with Gasteiger partial charge >= 0.3 is 0 Å². The van der Waals surface area contributed by atoms with Crippen LogP contribution in [0.25, 0.3) is 0 Å². The predicted molar refractivity (Wildman–Crippen MR) is 41.0 cm³/mol. The first-order valence-corrected chi connectivity index (χ1v) is 3.97. The summed E-state index contributed by atoms with van der Waals surface area (Å²) in [5, 5.41) is 2.74. The zero-order valence-electron chi connectivity index (χ0n) is 6.72. The van der Waals surface area contributed by atoms with Crippen molar-refractivity contribution >= 4 is 11.7 Å². The smallest absolute Gasteiger partial charge is 0.220 e. The molecule has 0 aliphatic carbocycles. The fourth-order valence-corrected chi connectivity index (χ4v) is 1.32. The van der Waals surface area contributed by atoms with Gasteiger partial charge in [0.25, 0.3) is 0 Å². The zero-order chi connectivity index (χ0) is 8.27. The lowest BCUT2D eigenvalue weighted by Gasteiger charge is -2.06. The van der Waals surface area contributed by atoms with Crippen molar-refractivity contribution in [2.45, 2.75) is 26.2 Å². The molecule has 11 heavy (non-hydrogen) atoms. The van der Waals surface area contributed by atoms with Crippen molar-refractivity contribution in [2.75, 3.05) is 6.54 Å². The average molecular weight is 155 g/mol. The van der Waals surface area contributed by atoms with Crippen molar-refractivity contribution in [1.82, 2.24) is 5.32 Å². The van der Waals surface area contributed by atoms with Gasteiger partial charge in [-0.25, -0.2) is 0 Å². The van der Waals surface area contributed by atoms with Gasteiger partial charge in [-0.3, -0.25) is 9.59 Å². The molecule has 1 amide bonds. The Morgan fingerprint density at radius 3 is 3.00 bits per heavy atom. The van der Waals surface area contributed by atoms with E-state index in [2.05, 4.69) is 5.32 Å². The van der Waals surface area contributed by atoms with Crippen LogP contribution in [0.5, 0.6) is 0 Å². The maximum absolute atomic E-state index is 10.9. The fraction of sp³-hybridized carbons (Fsp3) is 0.750. The molecule has 0 bridgehead atoms. The Bertz CT molecular complexity index is 177. The Kier molecular flexibility index (Phi) is 2.63. The molecule has 3 nitrogen and oxygen atoms in total. The lowest BCUT2D eigenvalue weighted by Crippen LogP contribution is -2.23. The number of hydrogen-bond acceptors (Lipinski definition) is 2. The van der Waals surface area contributed by atoms with Crippen LogP contribution in [0.15, 0.2) is 0 Å². The van der Waals surface area contributed by atoms with Gasteiger partial charge in [0.1, 0.15) is 5.78 Å². The standard InChI is InChI=1S/C8H13NO2/c1-6(10)7-3-2-4-9-8(11)5-7/h7H,2-5H2,1H3,(H,9,11). The second kappa shape index (κ2) is 3.51. The molecule has 0 radical (unpaired) electrons. The Balaban J connectivity index is 2.52. The Labute approximate surface area is 66.2 Å². The quantitative estimate of drug-likeness (QED) is 0.599. The summed E-state index contributed by atoms with van der Waals surface area (Å²) in [7, 11) is 0. The van der Waals surface area contributed by atoms with E-state index in [-0.39, 0.29) is 17.6 Å². The van der Waals surface area contributed by atoms with E-state index in [0.29, 0.717) is 6.42 Å². The highest BCUT2D eigenvalue weighted by atomic mass is 16.2. The van der Waals surface area contributed by atoms with Crippen molar-refractivity contribution in [3.05, 3.63) is 0 Å². The summed E-state index contributed by atoms with van der Waals surface area (Å²) in [5.74, 6) is 0.127. The Morgan fingerprint density at radius 2 is 2.36 bits per heavy atom. The monoisotopic (exact) mass is 155 g/mol. The highest BCUT2D eigenvalue weighted by Crippen LogP contribution is 2.14. The molecule has 1 unspecified atom stereocenters. The first kappa shape index (κ1) is 8.24. The number of ketones is 1. The van der Waals surface area contributed by atoms with E-state index < -0.39 is 0 Å². The maximum atomic E-state index is 10.9. The van der Waals surface area contributed by atoms with Gasteiger partial charge in [0.05, 0.1) is 0 Å². The Hall–Kier alpha value is -0.860. The molecule has 1 atom stereocenters. The summed E-state index contributed by atoms with van der Waals surface area (Å²) < 4.78 is 0. The van der Waals surface area contributed by atoms with Gasteiger partial charge in [0.15, 0.2) is 0 Å². The van der Waals surface area contributed by atoms with Crippen LogP contribution in [0.1, 0.15) is 26.2 Å². The van der Waals surface area contributed by atoms with Crippen LogP contribution in [-0.2, 0) is 9.59 Å². The minimum Gasteiger partial charge on any atom is -0.356 e. The molecule has 1 rings (SSSR count). The first-order chi connectivity index (χ1) is 5.20. The molecular weight excluding hydrogens is 142 g/mol. The summed E-state index contributed by atoms with van der Waals surface area (Å²) in [6.07, 6.45) is 2.17. The molecule has 1 heterocycles. The largest absolute Gasteiger partial charge is 0.356 e. The molecule has 1 N–H and O–H groups in total. The SMILES string of the molecule is CC(=O)C1CCCNC(=O)C1. The van der Waals surface area contributed by atoms with Crippen molar-refractivity contribution < 1.29 is 9.59 Å². The van der Waals surface area contributed by atoms with Crippen LogP contribution < -0.4 is 5.32 Å². The second-order valence-electron chi connectivity index (χ2n) is 3.00. The Morgan fingerprint density at radius 1 is 1.64 bits per heavy atom. The third kappa shape index (κ3) is 2.33. The number of amides is 1. The molecule has 0 spiro atoms. The molecule has 0 aromatic heterocycles. The highest BCUT2D eigenvalue weighted by molar-refractivity contribution is 5.85. The molecule has 0 aromatic carbocycles. The minimum absolute atomic E-state index is 0.0164. The molecule has 1 aliphatic heterocycles. The molecule has 3 heteroatoms. The topological polar surface area (TPSA) is 46.2 Å². The number of carbonyl (C=O) groups is 2. The van der Waals surface area contributed by atoms with E-state index in [9.17, 15) is 9.59 Å². The normalized spacial score (nSPS) is 25.5. The van der Waals surface area contributed by atoms with Crippen LogP contribution in [0.4, 0.5) is 0 Å². The van der Waals surface area contributed by atoms with Gasteiger partial charge in [0.2, 0.25) is 5.91 Å². The number of hydrogen-bond donors (Lipinski definition) is 1. The average Bonchev–Trinajstić information content (AvgIpc) is 2.13. The number of rotatable bonds is 1. The fourth-order valence-electron chi connectivity index (χ4n) is 1.32. The zero-order valence-corrected chi connectivity index (χ0v) is 6.72. The summed E-state index contributed by atoms with van der Waals surface area (Å²) in [4.78, 5) is 21.9. The summed E-state index contributed by atoms with van der Waals surface area (Å²) >= 11 is 0. The molecule has 0 aromatic rings. The number of Topliss-reactive ketones (excluding diaryl/α,β-unsaturated/α-hetero) is 1. The van der Waals surface area contributed by atoms with E-state index in [1.807, 2.05) is 0 Å². The van der Waals surface area contributed by atoms with E-state index in [1.54, 1.807) is 6.92 Å². The van der Waals surface area contributed by atoms with Gasteiger partial charge in [-0.05, 0) is 19.8 Å². The second-order valence-corrected chi connectivity index (χ2v) is 3.00. The molecule has 0 saturated carbocycles. The van der Waals surface area contributed by atoms with Crippen LogP contribution in [0.2, 0.25) is 0 Å². The van der Waals surface area contributed by atoms with Crippen molar-refractivity contribution in [1.29, 1.82) is 0 Å².